The van der Waals surface area contributed by atoms with Crippen LogP contribution in [0.3, 0.4) is 0 Å². The second-order valence-corrected chi connectivity index (χ2v) is 5.66. The Hall–Kier alpha value is -0.840. The van der Waals surface area contributed by atoms with Gasteiger partial charge in [0.1, 0.15) is 10.3 Å². The zero-order valence-electron chi connectivity index (χ0n) is 10.8. The van der Waals surface area contributed by atoms with Gasteiger partial charge in [0.2, 0.25) is 0 Å². The van der Waals surface area contributed by atoms with Crippen molar-refractivity contribution < 1.29 is 4.79 Å². The van der Waals surface area contributed by atoms with Crippen molar-refractivity contribution in [3.63, 3.8) is 0 Å². The van der Waals surface area contributed by atoms with Crippen LogP contribution in [0.2, 0.25) is 10.3 Å². The molecule has 1 aromatic heterocycles. The van der Waals surface area contributed by atoms with Crippen molar-refractivity contribution in [2.45, 2.75) is 25.8 Å². The van der Waals surface area contributed by atoms with E-state index >= 15 is 0 Å². The molecule has 0 saturated carbocycles. The van der Waals surface area contributed by atoms with Crippen molar-refractivity contribution >= 4 is 29.1 Å². The number of carbonyl (C=O) groups is 1. The van der Waals surface area contributed by atoms with Crippen LogP contribution in [-0.2, 0) is 0 Å². The molecule has 1 aliphatic rings. The van der Waals surface area contributed by atoms with Crippen molar-refractivity contribution in [2.24, 2.45) is 0 Å². The summed E-state index contributed by atoms with van der Waals surface area (Å²) in [6, 6.07) is 3.13. The molecule has 0 spiro atoms. The van der Waals surface area contributed by atoms with Crippen LogP contribution in [0.15, 0.2) is 12.1 Å². The second-order valence-electron chi connectivity index (χ2n) is 4.88. The lowest BCUT2D eigenvalue weighted by atomic mass is 10.2. The highest BCUT2D eigenvalue weighted by molar-refractivity contribution is 6.33. The Balaban J connectivity index is 1.92. The quantitative estimate of drug-likeness (QED) is 0.870. The number of halogens is 2. The molecule has 2 rings (SSSR count). The molecule has 0 radical (unpaired) electrons. The lowest BCUT2D eigenvalue weighted by molar-refractivity contribution is 0.0932. The number of rotatable bonds is 4. The minimum absolute atomic E-state index is 0.0938. The van der Waals surface area contributed by atoms with Gasteiger partial charge in [-0.3, -0.25) is 4.79 Å². The van der Waals surface area contributed by atoms with Gasteiger partial charge in [-0.05, 0) is 45.0 Å². The molecule has 1 unspecified atom stereocenters. The number of carbonyl (C=O) groups excluding carboxylic acids is 1. The van der Waals surface area contributed by atoms with E-state index < -0.39 is 0 Å². The normalized spacial score (nSPS) is 17.4. The van der Waals surface area contributed by atoms with Crippen molar-refractivity contribution in [2.75, 3.05) is 19.6 Å². The summed E-state index contributed by atoms with van der Waals surface area (Å²) >= 11 is 11.6. The largest absolute Gasteiger partial charge is 0.348 e. The number of nitrogens with zero attached hydrogens (tertiary/aromatic N) is 2. The van der Waals surface area contributed by atoms with Crippen LogP contribution in [-0.4, -0.2) is 41.5 Å². The van der Waals surface area contributed by atoms with Gasteiger partial charge < -0.3 is 10.2 Å². The molecule has 19 heavy (non-hydrogen) atoms. The van der Waals surface area contributed by atoms with Crippen molar-refractivity contribution in [3.05, 3.63) is 28.0 Å². The minimum atomic E-state index is -0.169. The van der Waals surface area contributed by atoms with E-state index in [1.807, 2.05) is 6.92 Å². The van der Waals surface area contributed by atoms with E-state index in [0.29, 0.717) is 5.56 Å². The Morgan fingerprint density at radius 2 is 1.95 bits per heavy atom. The molecule has 4 nitrogen and oxygen atoms in total. The zero-order valence-corrected chi connectivity index (χ0v) is 12.3. The summed E-state index contributed by atoms with van der Waals surface area (Å²) in [4.78, 5) is 18.2. The van der Waals surface area contributed by atoms with Crippen molar-refractivity contribution in [1.82, 2.24) is 15.2 Å². The molecule has 1 amide bonds. The second kappa shape index (κ2) is 6.55. The topological polar surface area (TPSA) is 45.2 Å². The van der Waals surface area contributed by atoms with E-state index in [-0.39, 0.29) is 22.3 Å². The van der Waals surface area contributed by atoms with E-state index in [0.717, 1.165) is 19.6 Å². The zero-order chi connectivity index (χ0) is 13.8. The molecular weight excluding hydrogens is 285 g/mol. The van der Waals surface area contributed by atoms with Gasteiger partial charge in [0.25, 0.3) is 5.91 Å². The molecule has 2 heterocycles. The fraction of sp³-hybridized carbons (Fsp3) is 0.538. The lowest BCUT2D eigenvalue weighted by Crippen LogP contribution is -2.41. The lowest BCUT2D eigenvalue weighted by Gasteiger charge is -2.21. The molecule has 1 atom stereocenters. The van der Waals surface area contributed by atoms with E-state index in [4.69, 9.17) is 23.2 Å². The van der Waals surface area contributed by atoms with E-state index in [1.54, 1.807) is 0 Å². The Morgan fingerprint density at radius 3 is 2.53 bits per heavy atom. The van der Waals surface area contributed by atoms with Crippen molar-refractivity contribution in [3.8, 4) is 0 Å². The third-order valence-electron chi connectivity index (χ3n) is 3.13. The van der Waals surface area contributed by atoms with E-state index in [9.17, 15) is 4.79 Å². The summed E-state index contributed by atoms with van der Waals surface area (Å²) in [5, 5.41) is 3.41. The van der Waals surface area contributed by atoms with Gasteiger partial charge in [-0.1, -0.05) is 23.2 Å². The number of pyridine rings is 1. The molecule has 0 bridgehead atoms. The summed E-state index contributed by atoms with van der Waals surface area (Å²) in [5.74, 6) is -0.169. The van der Waals surface area contributed by atoms with Crippen LogP contribution < -0.4 is 5.32 Å². The van der Waals surface area contributed by atoms with Crippen LogP contribution >= 0.6 is 23.2 Å². The van der Waals surface area contributed by atoms with E-state index in [2.05, 4.69) is 15.2 Å². The molecule has 1 fully saturated rings. The number of nitrogens with one attached hydrogen (secondary N) is 1. The molecule has 6 heteroatoms. The monoisotopic (exact) mass is 301 g/mol. The van der Waals surface area contributed by atoms with Gasteiger partial charge in [-0.25, -0.2) is 4.98 Å². The Kier molecular flexibility index (Phi) is 5.02. The molecule has 104 valence electrons. The molecule has 1 N–H and O–H groups in total. The summed E-state index contributed by atoms with van der Waals surface area (Å²) in [7, 11) is 0. The molecule has 1 aromatic rings. The van der Waals surface area contributed by atoms with Gasteiger partial charge in [-0.15, -0.1) is 0 Å². The van der Waals surface area contributed by atoms with Crippen LogP contribution in [0.4, 0.5) is 0 Å². The first-order valence-electron chi connectivity index (χ1n) is 6.41. The highest BCUT2D eigenvalue weighted by atomic mass is 35.5. The Morgan fingerprint density at radius 1 is 1.37 bits per heavy atom. The van der Waals surface area contributed by atoms with E-state index in [1.165, 1.54) is 25.0 Å². The Bertz CT molecular complexity index is 441. The predicted octanol–water partition coefficient (Wildman–Crippen LogP) is 2.60. The third-order valence-corrected chi connectivity index (χ3v) is 3.52. The number of amides is 1. The van der Waals surface area contributed by atoms with Crippen LogP contribution in [0, 0.1) is 0 Å². The third kappa shape index (κ3) is 4.34. The smallest absolute Gasteiger partial charge is 0.251 e. The first-order chi connectivity index (χ1) is 9.04. The fourth-order valence-corrected chi connectivity index (χ4v) is 2.76. The number of hydrogen-bond donors (Lipinski definition) is 1. The highest BCUT2D eigenvalue weighted by Crippen LogP contribution is 2.15. The van der Waals surface area contributed by atoms with Crippen molar-refractivity contribution in [1.29, 1.82) is 0 Å². The average molecular weight is 302 g/mol. The molecule has 1 aliphatic heterocycles. The Labute approximate surface area is 123 Å². The van der Waals surface area contributed by atoms with Gasteiger partial charge in [0.15, 0.2) is 0 Å². The van der Waals surface area contributed by atoms with Gasteiger partial charge in [0.05, 0.1) is 0 Å². The van der Waals surface area contributed by atoms with Crippen LogP contribution in [0.1, 0.15) is 30.1 Å². The maximum atomic E-state index is 12.1. The molecule has 0 aliphatic carbocycles. The minimum Gasteiger partial charge on any atom is -0.348 e. The molecular formula is C13H17Cl2N3O. The number of likely N-dealkylation sites (tertiary alicyclic amines) is 1. The predicted molar refractivity (Wildman–Crippen MR) is 76.9 cm³/mol. The average Bonchev–Trinajstić information content (AvgIpc) is 2.80. The van der Waals surface area contributed by atoms with Crippen LogP contribution in [0.5, 0.6) is 0 Å². The van der Waals surface area contributed by atoms with Gasteiger partial charge >= 0.3 is 0 Å². The highest BCUT2D eigenvalue weighted by Gasteiger charge is 2.17. The van der Waals surface area contributed by atoms with Crippen LogP contribution in [0.25, 0.3) is 0 Å². The maximum Gasteiger partial charge on any atom is 0.251 e. The SMILES string of the molecule is CC(CN1CCCC1)NC(=O)c1cc(Cl)nc(Cl)c1. The molecule has 0 aromatic carbocycles. The number of aromatic nitrogens is 1. The summed E-state index contributed by atoms with van der Waals surface area (Å²) in [6.45, 7) is 5.11. The summed E-state index contributed by atoms with van der Waals surface area (Å²) in [5.41, 5.74) is 0.443. The van der Waals surface area contributed by atoms with Gasteiger partial charge in [-0.2, -0.15) is 0 Å². The van der Waals surface area contributed by atoms with Gasteiger partial charge in [0, 0.05) is 18.2 Å². The molecule has 1 saturated heterocycles. The summed E-state index contributed by atoms with van der Waals surface area (Å²) < 4.78 is 0. The first-order valence-corrected chi connectivity index (χ1v) is 7.16. The fourth-order valence-electron chi connectivity index (χ4n) is 2.30. The standard InChI is InChI=1S/C13H17Cl2N3O/c1-9(8-18-4-2-3-5-18)16-13(19)10-6-11(14)17-12(15)7-10/h6-7,9H,2-5,8H2,1H3,(H,16,19). The number of hydrogen-bond acceptors (Lipinski definition) is 3. The maximum absolute atomic E-state index is 12.1. The first kappa shape index (κ1) is 14.6. The summed E-state index contributed by atoms with van der Waals surface area (Å²) in [6.07, 6.45) is 2.49.